The molecule has 1 aliphatic rings. The molecular formula is C9H17NO2. The van der Waals surface area contributed by atoms with Crippen LogP contribution >= 0.6 is 0 Å². The van der Waals surface area contributed by atoms with Gasteiger partial charge < -0.3 is 10.1 Å². The maximum absolute atomic E-state index is 10.7. The lowest BCUT2D eigenvalue weighted by Crippen LogP contribution is -2.23. The average molecular weight is 171 g/mol. The minimum atomic E-state index is -0.311. The number of hydrogen-bond donors (Lipinski definition) is 1. The third-order valence-electron chi connectivity index (χ3n) is 2.67. The second kappa shape index (κ2) is 4.33. The zero-order valence-corrected chi connectivity index (χ0v) is 7.80. The summed E-state index contributed by atoms with van der Waals surface area (Å²) in [4.78, 5) is 10.7. The summed E-state index contributed by atoms with van der Waals surface area (Å²) in [6.07, 6.45) is 3.46. The van der Waals surface area contributed by atoms with Crippen molar-refractivity contribution in [2.45, 2.75) is 26.2 Å². The Bertz CT molecular complexity index is 159. The molecule has 3 nitrogen and oxygen atoms in total. The summed E-state index contributed by atoms with van der Waals surface area (Å²) >= 11 is 0. The first kappa shape index (κ1) is 9.36. The van der Waals surface area contributed by atoms with Crippen LogP contribution in [0.3, 0.4) is 0 Å². The van der Waals surface area contributed by atoms with Crippen molar-refractivity contribution in [1.82, 2.24) is 5.32 Å². The van der Waals surface area contributed by atoms with Crippen LogP contribution in [0.1, 0.15) is 26.2 Å². The summed E-state index contributed by atoms with van der Waals surface area (Å²) in [5.41, 5.74) is 0. The summed E-state index contributed by atoms with van der Waals surface area (Å²) in [6, 6.07) is 0. The van der Waals surface area contributed by atoms with Crippen LogP contribution in [0.5, 0.6) is 0 Å². The molecule has 0 radical (unpaired) electrons. The number of carbonyl (C=O) groups excluding carboxylic acids is 1. The van der Waals surface area contributed by atoms with Crippen LogP contribution < -0.4 is 5.32 Å². The first-order valence-electron chi connectivity index (χ1n) is 4.58. The first-order chi connectivity index (χ1) is 5.74. The van der Waals surface area contributed by atoms with Crippen molar-refractivity contribution in [3.8, 4) is 0 Å². The number of nitrogens with one attached hydrogen (secondary N) is 1. The van der Waals surface area contributed by atoms with Gasteiger partial charge in [0.05, 0.1) is 6.61 Å². The molecule has 0 aromatic rings. The second-order valence-electron chi connectivity index (χ2n) is 3.52. The topological polar surface area (TPSA) is 38.3 Å². The molecule has 0 unspecified atom stereocenters. The molecule has 0 heterocycles. The van der Waals surface area contributed by atoms with E-state index >= 15 is 0 Å². The van der Waals surface area contributed by atoms with Crippen LogP contribution in [0.25, 0.3) is 0 Å². The van der Waals surface area contributed by atoms with E-state index in [9.17, 15) is 4.79 Å². The normalized spacial score (nSPS) is 28.5. The fourth-order valence-corrected chi connectivity index (χ4v) is 1.72. The largest absolute Gasteiger partial charge is 0.449 e. The fraction of sp³-hybridized carbons (Fsp3) is 0.889. The van der Waals surface area contributed by atoms with Crippen LogP contribution in [-0.4, -0.2) is 19.7 Å². The van der Waals surface area contributed by atoms with E-state index in [4.69, 9.17) is 4.74 Å². The molecule has 0 saturated heterocycles. The van der Waals surface area contributed by atoms with Gasteiger partial charge in [-0.15, -0.1) is 0 Å². The van der Waals surface area contributed by atoms with Crippen LogP contribution in [0.2, 0.25) is 0 Å². The van der Waals surface area contributed by atoms with E-state index in [0.717, 1.165) is 5.92 Å². The summed E-state index contributed by atoms with van der Waals surface area (Å²) in [5, 5.41) is 2.44. The van der Waals surface area contributed by atoms with Crippen LogP contribution in [-0.2, 0) is 4.74 Å². The highest BCUT2D eigenvalue weighted by atomic mass is 16.5. The smallest absolute Gasteiger partial charge is 0.406 e. The highest BCUT2D eigenvalue weighted by Gasteiger charge is 2.24. The summed E-state index contributed by atoms with van der Waals surface area (Å²) in [5.74, 6) is 1.30. The molecule has 0 aromatic carbocycles. The lowest BCUT2D eigenvalue weighted by atomic mass is 9.99. The SMILES string of the molecule is CNC(=O)OC[C@@H]1CCC[C@H]1C. The van der Waals surface area contributed by atoms with Crippen LogP contribution in [0.15, 0.2) is 0 Å². The highest BCUT2D eigenvalue weighted by molar-refractivity contribution is 5.66. The zero-order chi connectivity index (χ0) is 8.97. The third kappa shape index (κ3) is 2.40. The molecule has 1 N–H and O–H groups in total. The Kier molecular flexibility index (Phi) is 3.38. The Morgan fingerprint density at radius 1 is 1.58 bits per heavy atom. The molecule has 70 valence electrons. The van der Waals surface area contributed by atoms with Gasteiger partial charge in [-0.3, -0.25) is 0 Å². The standard InChI is InChI=1S/C9H17NO2/c1-7-4-3-5-8(7)6-12-9(11)10-2/h7-8H,3-6H2,1-2H3,(H,10,11)/t7-,8+/m1/s1. The van der Waals surface area contributed by atoms with E-state index in [-0.39, 0.29) is 6.09 Å². The molecule has 2 atom stereocenters. The number of carbonyl (C=O) groups is 1. The van der Waals surface area contributed by atoms with Gasteiger partial charge in [-0.05, 0) is 18.3 Å². The van der Waals surface area contributed by atoms with Crippen molar-refractivity contribution in [3.63, 3.8) is 0 Å². The molecule has 1 fully saturated rings. The highest BCUT2D eigenvalue weighted by Crippen LogP contribution is 2.31. The van der Waals surface area contributed by atoms with Crippen molar-refractivity contribution < 1.29 is 9.53 Å². The van der Waals surface area contributed by atoms with Crippen molar-refractivity contribution in [2.75, 3.05) is 13.7 Å². The Morgan fingerprint density at radius 3 is 2.83 bits per heavy atom. The minimum absolute atomic E-state index is 0.311. The summed E-state index contributed by atoms with van der Waals surface area (Å²) < 4.78 is 5.00. The molecule has 1 rings (SSSR count). The van der Waals surface area contributed by atoms with Crippen molar-refractivity contribution in [1.29, 1.82) is 0 Å². The predicted molar refractivity (Wildman–Crippen MR) is 46.9 cm³/mol. The van der Waals surface area contributed by atoms with E-state index in [1.807, 2.05) is 0 Å². The molecule has 12 heavy (non-hydrogen) atoms. The Labute approximate surface area is 73.5 Å². The van der Waals surface area contributed by atoms with E-state index in [2.05, 4.69) is 12.2 Å². The maximum atomic E-state index is 10.7. The van der Waals surface area contributed by atoms with Crippen molar-refractivity contribution >= 4 is 6.09 Å². The fourth-order valence-electron chi connectivity index (χ4n) is 1.72. The van der Waals surface area contributed by atoms with Gasteiger partial charge >= 0.3 is 6.09 Å². The van der Waals surface area contributed by atoms with Gasteiger partial charge in [0.25, 0.3) is 0 Å². The lowest BCUT2D eigenvalue weighted by Gasteiger charge is -2.14. The van der Waals surface area contributed by atoms with Gasteiger partial charge in [0.1, 0.15) is 0 Å². The summed E-state index contributed by atoms with van der Waals surface area (Å²) in [6.45, 7) is 2.81. The van der Waals surface area contributed by atoms with E-state index in [0.29, 0.717) is 12.5 Å². The van der Waals surface area contributed by atoms with Crippen LogP contribution in [0, 0.1) is 11.8 Å². The first-order valence-corrected chi connectivity index (χ1v) is 4.58. The van der Waals surface area contributed by atoms with E-state index < -0.39 is 0 Å². The van der Waals surface area contributed by atoms with Crippen molar-refractivity contribution in [2.24, 2.45) is 11.8 Å². The number of alkyl carbamates (subject to hydrolysis) is 1. The predicted octanol–water partition coefficient (Wildman–Crippen LogP) is 1.78. The maximum Gasteiger partial charge on any atom is 0.406 e. The van der Waals surface area contributed by atoms with Gasteiger partial charge in [-0.1, -0.05) is 19.8 Å². The van der Waals surface area contributed by atoms with Crippen LogP contribution in [0.4, 0.5) is 4.79 Å². The monoisotopic (exact) mass is 171 g/mol. The molecule has 0 spiro atoms. The quantitative estimate of drug-likeness (QED) is 0.687. The molecule has 1 saturated carbocycles. The molecule has 3 heteroatoms. The molecule has 0 aliphatic heterocycles. The molecule has 1 aliphatic carbocycles. The zero-order valence-electron chi connectivity index (χ0n) is 7.80. The van der Waals surface area contributed by atoms with Gasteiger partial charge in [0.2, 0.25) is 0 Å². The number of rotatable bonds is 2. The van der Waals surface area contributed by atoms with Gasteiger partial charge in [0, 0.05) is 7.05 Å². The Balaban J connectivity index is 2.18. The second-order valence-corrected chi connectivity index (χ2v) is 3.52. The Hall–Kier alpha value is -0.730. The molecule has 0 bridgehead atoms. The molecule has 0 aromatic heterocycles. The van der Waals surface area contributed by atoms with Crippen molar-refractivity contribution in [3.05, 3.63) is 0 Å². The summed E-state index contributed by atoms with van der Waals surface area (Å²) in [7, 11) is 1.58. The van der Waals surface area contributed by atoms with Gasteiger partial charge in [0.15, 0.2) is 0 Å². The van der Waals surface area contributed by atoms with Gasteiger partial charge in [-0.25, -0.2) is 4.79 Å². The third-order valence-corrected chi connectivity index (χ3v) is 2.67. The number of ether oxygens (including phenoxy) is 1. The average Bonchev–Trinajstić information content (AvgIpc) is 2.47. The molecule has 1 amide bonds. The van der Waals surface area contributed by atoms with E-state index in [1.54, 1.807) is 7.05 Å². The lowest BCUT2D eigenvalue weighted by molar-refractivity contribution is 0.121. The van der Waals surface area contributed by atoms with E-state index in [1.165, 1.54) is 19.3 Å². The molecular weight excluding hydrogens is 154 g/mol. The number of amides is 1. The van der Waals surface area contributed by atoms with Gasteiger partial charge in [-0.2, -0.15) is 0 Å². The Morgan fingerprint density at radius 2 is 2.33 bits per heavy atom. The minimum Gasteiger partial charge on any atom is -0.449 e. The number of hydrogen-bond acceptors (Lipinski definition) is 2.